The molecule has 29 heavy (non-hydrogen) atoms. The van der Waals surface area contributed by atoms with Gasteiger partial charge in [-0.05, 0) is 25.6 Å². The van der Waals surface area contributed by atoms with Gasteiger partial charge in [-0.15, -0.1) is 0 Å². The Labute approximate surface area is 171 Å². The predicted octanol–water partition coefficient (Wildman–Crippen LogP) is 2.50. The minimum absolute atomic E-state index is 0.111. The zero-order chi connectivity index (χ0) is 20.6. The summed E-state index contributed by atoms with van der Waals surface area (Å²) < 4.78 is 7.60. The van der Waals surface area contributed by atoms with Crippen LogP contribution in [-0.4, -0.2) is 76.0 Å². The minimum Gasteiger partial charge on any atom is -0.375 e. The molecule has 1 N–H and O–H groups in total. The summed E-state index contributed by atoms with van der Waals surface area (Å²) in [7, 11) is 2.10. The zero-order valence-electron chi connectivity index (χ0n) is 17.6. The van der Waals surface area contributed by atoms with E-state index in [-0.39, 0.29) is 23.6 Å². The molecule has 156 valence electrons. The number of carbonyl (C=O) groups excluding carboxylic acids is 1. The van der Waals surface area contributed by atoms with Crippen molar-refractivity contribution in [3.05, 3.63) is 36.2 Å². The SMILES string of the molecule is CN1CCO[C@@H]2CCN(C(=O)Nc3cc(C(C)(C)C)nn3-c3ccccn3)C[C@@H]21. The number of hydrogen-bond donors (Lipinski definition) is 1. The van der Waals surface area contributed by atoms with Gasteiger partial charge < -0.3 is 9.64 Å². The summed E-state index contributed by atoms with van der Waals surface area (Å²) in [6, 6.07) is 7.73. The fourth-order valence-electron chi connectivity index (χ4n) is 3.91. The van der Waals surface area contributed by atoms with Crippen LogP contribution in [0, 0.1) is 0 Å². The number of carbonyl (C=O) groups is 1. The van der Waals surface area contributed by atoms with Crippen molar-refractivity contribution in [1.29, 1.82) is 0 Å². The van der Waals surface area contributed by atoms with Crippen molar-refractivity contribution in [1.82, 2.24) is 24.6 Å². The number of urea groups is 1. The second kappa shape index (κ2) is 7.76. The summed E-state index contributed by atoms with van der Waals surface area (Å²) in [6.07, 6.45) is 2.79. The minimum atomic E-state index is -0.139. The first-order valence-electron chi connectivity index (χ1n) is 10.2. The lowest BCUT2D eigenvalue weighted by Crippen LogP contribution is -2.60. The molecule has 0 saturated carbocycles. The number of pyridine rings is 1. The van der Waals surface area contributed by atoms with E-state index in [4.69, 9.17) is 9.84 Å². The van der Waals surface area contributed by atoms with Crippen LogP contribution in [0.3, 0.4) is 0 Å². The maximum Gasteiger partial charge on any atom is 0.323 e. The Morgan fingerprint density at radius 3 is 2.83 bits per heavy atom. The number of hydrogen-bond acceptors (Lipinski definition) is 5. The van der Waals surface area contributed by atoms with Gasteiger partial charge in [-0.25, -0.2) is 9.78 Å². The van der Waals surface area contributed by atoms with E-state index in [0.717, 1.165) is 25.3 Å². The average Bonchev–Trinajstić information content (AvgIpc) is 3.13. The van der Waals surface area contributed by atoms with Crippen LogP contribution in [0.15, 0.2) is 30.5 Å². The summed E-state index contributed by atoms with van der Waals surface area (Å²) in [5.74, 6) is 1.31. The van der Waals surface area contributed by atoms with Crippen LogP contribution in [-0.2, 0) is 10.2 Å². The number of likely N-dealkylation sites (N-methyl/N-ethyl adjacent to an activating group) is 1. The molecule has 4 heterocycles. The first-order valence-corrected chi connectivity index (χ1v) is 10.2. The standard InChI is InChI=1S/C21H30N6O2/c1-21(2,3)17-13-19(27(24-17)18-7-5-6-9-22-18)23-20(28)26-10-8-16-15(14-26)25(4)11-12-29-16/h5-7,9,13,15-16H,8,10-12,14H2,1-4H3,(H,23,28)/t15-,16+/m0/s1. The Bertz CT molecular complexity index is 860. The first kappa shape index (κ1) is 19.8. The van der Waals surface area contributed by atoms with Gasteiger partial charge in [0.05, 0.1) is 24.4 Å². The fraction of sp³-hybridized carbons (Fsp3) is 0.571. The van der Waals surface area contributed by atoms with Crippen LogP contribution in [0.5, 0.6) is 0 Å². The van der Waals surface area contributed by atoms with Crippen molar-refractivity contribution < 1.29 is 9.53 Å². The predicted molar refractivity (Wildman–Crippen MR) is 111 cm³/mol. The summed E-state index contributed by atoms with van der Waals surface area (Å²) in [5, 5.41) is 7.79. The normalized spacial score (nSPS) is 23.0. The Hall–Kier alpha value is -2.45. The first-order chi connectivity index (χ1) is 13.8. The van der Waals surface area contributed by atoms with E-state index in [1.807, 2.05) is 29.2 Å². The number of nitrogens with zero attached hydrogens (tertiary/aromatic N) is 5. The third-order valence-corrected chi connectivity index (χ3v) is 5.73. The van der Waals surface area contributed by atoms with Crippen LogP contribution in [0.1, 0.15) is 32.9 Å². The molecule has 0 radical (unpaired) electrons. The molecule has 8 heteroatoms. The molecular formula is C21H30N6O2. The summed E-state index contributed by atoms with van der Waals surface area (Å²) in [4.78, 5) is 21.7. The number of fused-ring (bicyclic) bond motifs is 1. The Morgan fingerprint density at radius 1 is 1.28 bits per heavy atom. The number of piperidine rings is 1. The van der Waals surface area contributed by atoms with Crippen molar-refractivity contribution in [2.45, 2.75) is 44.8 Å². The molecule has 0 spiro atoms. The molecule has 2 aromatic heterocycles. The van der Waals surface area contributed by atoms with Crippen LogP contribution in [0.4, 0.5) is 10.6 Å². The maximum atomic E-state index is 13.1. The molecule has 2 atom stereocenters. The number of morpholine rings is 1. The highest BCUT2D eigenvalue weighted by molar-refractivity contribution is 5.89. The molecule has 2 aliphatic rings. The Morgan fingerprint density at radius 2 is 2.10 bits per heavy atom. The van der Waals surface area contributed by atoms with E-state index in [1.54, 1.807) is 10.9 Å². The highest BCUT2D eigenvalue weighted by Gasteiger charge is 2.37. The maximum absolute atomic E-state index is 13.1. The van der Waals surface area contributed by atoms with Gasteiger partial charge >= 0.3 is 6.03 Å². The molecule has 0 aromatic carbocycles. The van der Waals surface area contributed by atoms with Gasteiger partial charge in [0.15, 0.2) is 5.82 Å². The highest BCUT2D eigenvalue weighted by Crippen LogP contribution is 2.27. The number of amides is 2. The number of rotatable bonds is 2. The molecule has 2 aromatic rings. The quantitative estimate of drug-likeness (QED) is 0.841. The zero-order valence-corrected chi connectivity index (χ0v) is 17.6. The van der Waals surface area contributed by atoms with Crippen LogP contribution in [0.25, 0.3) is 5.82 Å². The molecular weight excluding hydrogens is 368 g/mol. The van der Waals surface area contributed by atoms with Crippen molar-refractivity contribution in [2.24, 2.45) is 0 Å². The number of ether oxygens (including phenoxy) is 1. The highest BCUT2D eigenvalue weighted by atomic mass is 16.5. The van der Waals surface area contributed by atoms with E-state index < -0.39 is 0 Å². The van der Waals surface area contributed by atoms with Crippen LogP contribution >= 0.6 is 0 Å². The van der Waals surface area contributed by atoms with E-state index in [1.165, 1.54) is 0 Å². The molecule has 0 aliphatic carbocycles. The average molecular weight is 399 g/mol. The molecule has 4 rings (SSSR count). The summed E-state index contributed by atoms with van der Waals surface area (Å²) in [5.41, 5.74) is 0.762. The lowest BCUT2D eigenvalue weighted by Gasteiger charge is -2.45. The largest absolute Gasteiger partial charge is 0.375 e. The molecule has 8 nitrogen and oxygen atoms in total. The molecule has 2 fully saturated rings. The third kappa shape index (κ3) is 4.13. The monoisotopic (exact) mass is 398 g/mol. The second-order valence-electron chi connectivity index (χ2n) is 8.89. The van der Waals surface area contributed by atoms with E-state index in [0.29, 0.717) is 24.7 Å². The summed E-state index contributed by atoms with van der Waals surface area (Å²) in [6.45, 7) is 9.33. The van der Waals surface area contributed by atoms with Gasteiger partial charge in [0.2, 0.25) is 0 Å². The molecule has 0 unspecified atom stereocenters. The smallest absolute Gasteiger partial charge is 0.323 e. The molecule has 2 aliphatic heterocycles. The lowest BCUT2D eigenvalue weighted by atomic mass is 9.92. The Kier molecular flexibility index (Phi) is 5.31. The van der Waals surface area contributed by atoms with Gasteiger partial charge in [0.25, 0.3) is 0 Å². The number of nitrogens with one attached hydrogen (secondary N) is 1. The van der Waals surface area contributed by atoms with Crippen molar-refractivity contribution in [3.63, 3.8) is 0 Å². The van der Waals surface area contributed by atoms with Gasteiger partial charge in [0.1, 0.15) is 5.82 Å². The van der Waals surface area contributed by atoms with Crippen LogP contribution in [0.2, 0.25) is 0 Å². The van der Waals surface area contributed by atoms with Gasteiger partial charge in [-0.1, -0.05) is 26.8 Å². The molecule has 2 amide bonds. The number of anilines is 1. The molecule has 2 saturated heterocycles. The second-order valence-corrected chi connectivity index (χ2v) is 8.89. The van der Waals surface area contributed by atoms with E-state index in [9.17, 15) is 4.79 Å². The van der Waals surface area contributed by atoms with E-state index >= 15 is 0 Å². The summed E-state index contributed by atoms with van der Waals surface area (Å²) >= 11 is 0. The van der Waals surface area contributed by atoms with Gasteiger partial charge in [-0.2, -0.15) is 9.78 Å². The number of likely N-dealkylation sites (tertiary alicyclic amines) is 1. The van der Waals surface area contributed by atoms with E-state index in [2.05, 4.69) is 43.0 Å². The van der Waals surface area contributed by atoms with Crippen molar-refractivity contribution in [2.75, 3.05) is 38.6 Å². The van der Waals surface area contributed by atoms with Crippen molar-refractivity contribution in [3.8, 4) is 5.82 Å². The Balaban J connectivity index is 1.55. The van der Waals surface area contributed by atoms with Gasteiger partial charge in [-0.3, -0.25) is 10.2 Å². The number of aromatic nitrogens is 3. The topological polar surface area (TPSA) is 75.5 Å². The van der Waals surface area contributed by atoms with Crippen LogP contribution < -0.4 is 5.32 Å². The molecule has 0 bridgehead atoms. The van der Waals surface area contributed by atoms with Crippen molar-refractivity contribution >= 4 is 11.8 Å². The van der Waals surface area contributed by atoms with Gasteiger partial charge in [0, 0.05) is 37.3 Å². The lowest BCUT2D eigenvalue weighted by molar-refractivity contribution is -0.0875. The fourth-order valence-corrected chi connectivity index (χ4v) is 3.91. The third-order valence-electron chi connectivity index (χ3n) is 5.73.